The summed E-state index contributed by atoms with van der Waals surface area (Å²) in [4.78, 5) is 26.0. The Kier molecular flexibility index (Phi) is 10.4. The average Bonchev–Trinajstić information content (AvgIpc) is 3.75. The quantitative estimate of drug-likeness (QED) is 0.204. The predicted octanol–water partition coefficient (Wildman–Crippen LogP) is 4.12. The van der Waals surface area contributed by atoms with Crippen molar-refractivity contribution in [2.45, 2.75) is 36.4 Å². The molecule has 45 heavy (non-hydrogen) atoms. The molecular formula is C31H34N6O6S2. The van der Waals surface area contributed by atoms with E-state index in [1.54, 1.807) is 42.0 Å². The van der Waals surface area contributed by atoms with Crippen LogP contribution in [-0.4, -0.2) is 71.9 Å². The first kappa shape index (κ1) is 32.0. The van der Waals surface area contributed by atoms with Gasteiger partial charge in [-0.3, -0.25) is 14.2 Å². The molecule has 0 aliphatic carbocycles. The number of rotatable bonds is 13. The summed E-state index contributed by atoms with van der Waals surface area (Å²) in [6.07, 6.45) is 1.69. The van der Waals surface area contributed by atoms with Gasteiger partial charge in [0.2, 0.25) is 15.9 Å². The third-order valence-electron chi connectivity index (χ3n) is 7.03. The fourth-order valence-electron chi connectivity index (χ4n) is 4.81. The fourth-order valence-corrected chi connectivity index (χ4v) is 7.09. The Labute approximate surface area is 266 Å². The highest BCUT2D eigenvalue weighted by Gasteiger charge is 2.27. The van der Waals surface area contributed by atoms with Crippen molar-refractivity contribution in [1.29, 1.82) is 0 Å². The van der Waals surface area contributed by atoms with Crippen LogP contribution in [0.25, 0.3) is 5.69 Å². The zero-order valence-corrected chi connectivity index (χ0v) is 26.6. The molecule has 236 valence electrons. The van der Waals surface area contributed by atoms with Gasteiger partial charge in [-0.25, -0.2) is 8.42 Å². The zero-order valence-electron chi connectivity index (χ0n) is 24.9. The van der Waals surface area contributed by atoms with Crippen molar-refractivity contribution >= 4 is 39.3 Å². The van der Waals surface area contributed by atoms with E-state index >= 15 is 0 Å². The van der Waals surface area contributed by atoms with Gasteiger partial charge in [-0.2, -0.15) is 4.31 Å². The van der Waals surface area contributed by atoms with Crippen LogP contribution in [0, 0.1) is 0 Å². The van der Waals surface area contributed by atoms with Gasteiger partial charge in [0.1, 0.15) is 11.5 Å². The van der Waals surface area contributed by atoms with Crippen LogP contribution in [0.4, 0.5) is 5.69 Å². The molecule has 4 aromatic rings. The number of hydrogen-bond donors (Lipinski definition) is 2. The number of hydrogen-bond acceptors (Lipinski definition) is 9. The SMILES string of the molecule is CCOc1ccc(NC(=O)CSc2nnc(CNC(=O)c3ccc(S(=O)(=O)N4CCCC4)cc3)n2-c2ccccc2OC)cc1. The van der Waals surface area contributed by atoms with Gasteiger partial charge in [0.05, 0.1) is 36.6 Å². The van der Waals surface area contributed by atoms with Crippen molar-refractivity contribution in [2.24, 2.45) is 0 Å². The summed E-state index contributed by atoms with van der Waals surface area (Å²) in [5.74, 6) is 1.11. The molecule has 0 radical (unpaired) electrons. The number of aromatic nitrogens is 3. The molecule has 1 saturated heterocycles. The number of sulfonamides is 1. The minimum atomic E-state index is -3.58. The second kappa shape index (κ2) is 14.6. The molecule has 1 aromatic heterocycles. The molecular weight excluding hydrogens is 617 g/mol. The van der Waals surface area contributed by atoms with E-state index in [4.69, 9.17) is 9.47 Å². The highest BCUT2D eigenvalue weighted by molar-refractivity contribution is 7.99. The number of nitrogens with zero attached hydrogens (tertiary/aromatic N) is 4. The molecule has 1 aliphatic rings. The van der Waals surface area contributed by atoms with Crippen molar-refractivity contribution in [2.75, 3.05) is 37.9 Å². The molecule has 2 N–H and O–H groups in total. The maximum atomic E-state index is 13.0. The van der Waals surface area contributed by atoms with Crippen LogP contribution in [-0.2, 0) is 21.4 Å². The van der Waals surface area contributed by atoms with Crippen LogP contribution < -0.4 is 20.1 Å². The lowest BCUT2D eigenvalue weighted by molar-refractivity contribution is -0.113. The maximum Gasteiger partial charge on any atom is 0.251 e. The molecule has 3 aromatic carbocycles. The molecule has 1 aliphatic heterocycles. The van der Waals surface area contributed by atoms with E-state index in [1.807, 2.05) is 25.1 Å². The van der Waals surface area contributed by atoms with Gasteiger partial charge in [0, 0.05) is 24.3 Å². The highest BCUT2D eigenvalue weighted by atomic mass is 32.2. The number of thioether (sulfide) groups is 1. The van der Waals surface area contributed by atoms with Gasteiger partial charge < -0.3 is 20.1 Å². The van der Waals surface area contributed by atoms with Crippen molar-refractivity contribution in [3.05, 3.63) is 84.2 Å². The number of carbonyl (C=O) groups excluding carboxylic acids is 2. The molecule has 0 saturated carbocycles. The summed E-state index contributed by atoms with van der Waals surface area (Å²) in [5, 5.41) is 14.7. The molecule has 0 atom stereocenters. The summed E-state index contributed by atoms with van der Waals surface area (Å²) >= 11 is 1.19. The molecule has 0 bridgehead atoms. The standard InChI is InChI=1S/C31H34N6O6S2/c1-3-43-24-14-12-23(13-15-24)33-29(38)21-44-31-35-34-28(37(31)26-8-4-5-9-27(26)42-2)20-32-30(39)22-10-16-25(17-11-22)45(40,41)36-18-6-7-19-36/h4-5,8-17H,3,6-7,18-21H2,1-2H3,(H,32,39)(H,33,38). The van der Waals surface area contributed by atoms with Crippen LogP contribution in [0.1, 0.15) is 35.9 Å². The van der Waals surface area contributed by atoms with Crippen molar-refractivity contribution in [3.63, 3.8) is 0 Å². The minimum Gasteiger partial charge on any atom is -0.495 e. The lowest BCUT2D eigenvalue weighted by Crippen LogP contribution is -2.28. The second-order valence-electron chi connectivity index (χ2n) is 10.0. The average molecular weight is 651 g/mol. The van der Waals surface area contributed by atoms with Crippen LogP contribution >= 0.6 is 11.8 Å². The molecule has 2 heterocycles. The maximum absolute atomic E-state index is 13.0. The molecule has 12 nitrogen and oxygen atoms in total. The monoisotopic (exact) mass is 650 g/mol. The molecule has 0 spiro atoms. The molecule has 5 rings (SSSR count). The van der Waals surface area contributed by atoms with E-state index < -0.39 is 15.9 Å². The van der Waals surface area contributed by atoms with Crippen LogP contribution in [0.2, 0.25) is 0 Å². The largest absolute Gasteiger partial charge is 0.495 e. The third-order valence-corrected chi connectivity index (χ3v) is 9.88. The Morgan fingerprint density at radius 1 is 0.956 bits per heavy atom. The number of nitrogens with one attached hydrogen (secondary N) is 2. The first-order valence-corrected chi connectivity index (χ1v) is 16.8. The predicted molar refractivity (Wildman–Crippen MR) is 170 cm³/mol. The molecule has 14 heteroatoms. The number of carbonyl (C=O) groups is 2. The van der Waals surface area contributed by atoms with Gasteiger partial charge in [0.15, 0.2) is 11.0 Å². The molecule has 2 amide bonds. The van der Waals surface area contributed by atoms with Gasteiger partial charge >= 0.3 is 0 Å². The van der Waals surface area contributed by atoms with Gasteiger partial charge in [-0.15, -0.1) is 10.2 Å². The Balaban J connectivity index is 1.28. The third kappa shape index (κ3) is 7.64. The number of anilines is 1. The van der Waals surface area contributed by atoms with Crippen molar-refractivity contribution < 1.29 is 27.5 Å². The van der Waals surface area contributed by atoms with Crippen molar-refractivity contribution in [3.8, 4) is 17.2 Å². The van der Waals surface area contributed by atoms with E-state index in [0.717, 1.165) is 18.6 Å². The van der Waals surface area contributed by atoms with Crippen LogP contribution in [0.5, 0.6) is 11.5 Å². The Morgan fingerprint density at radius 2 is 1.67 bits per heavy atom. The lowest BCUT2D eigenvalue weighted by Gasteiger charge is -2.16. The van der Waals surface area contributed by atoms with Gasteiger partial charge in [-0.1, -0.05) is 23.9 Å². The Hall–Kier alpha value is -4.40. The summed E-state index contributed by atoms with van der Waals surface area (Å²) < 4.78 is 39.9. The van der Waals surface area contributed by atoms with Gasteiger partial charge in [0.25, 0.3) is 5.91 Å². The van der Waals surface area contributed by atoms with E-state index in [0.29, 0.717) is 53.4 Å². The fraction of sp³-hybridized carbons (Fsp3) is 0.290. The summed E-state index contributed by atoms with van der Waals surface area (Å²) in [6.45, 7) is 3.48. The first-order chi connectivity index (χ1) is 21.8. The molecule has 0 unspecified atom stereocenters. The number of para-hydroxylation sites is 2. The Morgan fingerprint density at radius 3 is 2.36 bits per heavy atom. The van der Waals surface area contributed by atoms with Crippen LogP contribution in [0.15, 0.2) is 82.8 Å². The lowest BCUT2D eigenvalue weighted by atomic mass is 10.2. The number of ether oxygens (including phenoxy) is 2. The number of amides is 2. The summed E-state index contributed by atoms with van der Waals surface area (Å²) in [6, 6.07) is 20.3. The normalized spacial score (nSPS) is 13.4. The topological polar surface area (TPSA) is 145 Å². The van der Waals surface area contributed by atoms with E-state index in [1.165, 1.54) is 40.3 Å². The second-order valence-corrected chi connectivity index (χ2v) is 12.9. The smallest absolute Gasteiger partial charge is 0.251 e. The number of benzene rings is 3. The summed E-state index contributed by atoms with van der Waals surface area (Å²) in [5.41, 5.74) is 1.58. The van der Waals surface area contributed by atoms with E-state index in [9.17, 15) is 18.0 Å². The zero-order chi connectivity index (χ0) is 31.8. The summed E-state index contributed by atoms with van der Waals surface area (Å²) in [7, 11) is -2.03. The molecule has 1 fully saturated rings. The minimum absolute atomic E-state index is 0.0106. The first-order valence-electron chi connectivity index (χ1n) is 14.4. The van der Waals surface area contributed by atoms with E-state index in [2.05, 4.69) is 20.8 Å². The number of methoxy groups -OCH3 is 1. The van der Waals surface area contributed by atoms with Gasteiger partial charge in [-0.05, 0) is 80.4 Å². The Bertz CT molecular complexity index is 1740. The van der Waals surface area contributed by atoms with Crippen molar-refractivity contribution in [1.82, 2.24) is 24.4 Å². The van der Waals surface area contributed by atoms with Crippen LogP contribution in [0.3, 0.4) is 0 Å². The highest BCUT2D eigenvalue weighted by Crippen LogP contribution is 2.29. The van der Waals surface area contributed by atoms with E-state index in [-0.39, 0.29) is 23.1 Å².